The largest absolute Gasteiger partial charge is 0.338 e. The van der Waals surface area contributed by atoms with Gasteiger partial charge >= 0.3 is 0 Å². The summed E-state index contributed by atoms with van der Waals surface area (Å²) >= 11 is 6.06. The third kappa shape index (κ3) is 4.42. The first-order chi connectivity index (χ1) is 13.4. The zero-order valence-electron chi connectivity index (χ0n) is 16.2. The van der Waals surface area contributed by atoms with Gasteiger partial charge in [-0.15, -0.1) is 0 Å². The lowest BCUT2D eigenvalue weighted by molar-refractivity contribution is -0.130. The van der Waals surface area contributed by atoms with Crippen molar-refractivity contribution in [2.75, 3.05) is 6.54 Å². The first-order valence-corrected chi connectivity index (χ1v) is 9.60. The molecule has 146 valence electrons. The molecule has 6 heteroatoms. The number of hydrogen-bond donors (Lipinski definition) is 0. The normalized spacial score (nSPS) is 10.9. The average Bonchev–Trinajstić information content (AvgIpc) is 2.95. The molecule has 0 saturated heterocycles. The molecular formula is C22H23ClFN3O. The second-order valence-corrected chi connectivity index (χ2v) is 7.19. The van der Waals surface area contributed by atoms with Crippen molar-refractivity contribution in [3.8, 4) is 5.69 Å². The summed E-state index contributed by atoms with van der Waals surface area (Å²) in [6.45, 7) is 6.90. The van der Waals surface area contributed by atoms with Crippen LogP contribution in [0.1, 0.15) is 29.4 Å². The molecule has 0 spiro atoms. The molecule has 3 aromatic rings. The van der Waals surface area contributed by atoms with Crippen LogP contribution in [0.3, 0.4) is 0 Å². The zero-order valence-corrected chi connectivity index (χ0v) is 17.0. The van der Waals surface area contributed by atoms with Gasteiger partial charge in [0, 0.05) is 29.4 Å². The Morgan fingerprint density at radius 2 is 1.89 bits per heavy atom. The molecule has 0 bridgehead atoms. The molecule has 0 saturated carbocycles. The molecule has 0 atom stereocenters. The van der Waals surface area contributed by atoms with Gasteiger partial charge in [-0.05, 0) is 62.7 Å². The number of hydrogen-bond acceptors (Lipinski definition) is 2. The van der Waals surface area contributed by atoms with Crippen LogP contribution in [0, 0.1) is 19.7 Å². The summed E-state index contributed by atoms with van der Waals surface area (Å²) in [4.78, 5) is 14.7. The van der Waals surface area contributed by atoms with E-state index in [1.807, 2.05) is 45.0 Å². The van der Waals surface area contributed by atoms with Crippen LogP contribution in [-0.4, -0.2) is 27.1 Å². The van der Waals surface area contributed by atoms with Crippen LogP contribution in [0.15, 0.2) is 48.5 Å². The molecule has 28 heavy (non-hydrogen) atoms. The van der Waals surface area contributed by atoms with Crippen LogP contribution >= 0.6 is 11.6 Å². The van der Waals surface area contributed by atoms with Gasteiger partial charge < -0.3 is 4.90 Å². The number of amides is 1. The van der Waals surface area contributed by atoms with Gasteiger partial charge in [0.1, 0.15) is 5.82 Å². The van der Waals surface area contributed by atoms with Crippen LogP contribution < -0.4 is 0 Å². The Morgan fingerprint density at radius 3 is 2.54 bits per heavy atom. The van der Waals surface area contributed by atoms with Gasteiger partial charge in [0.05, 0.1) is 17.8 Å². The van der Waals surface area contributed by atoms with E-state index in [0.717, 1.165) is 28.2 Å². The monoisotopic (exact) mass is 399 g/mol. The van der Waals surface area contributed by atoms with Crippen LogP contribution in [0.5, 0.6) is 0 Å². The van der Waals surface area contributed by atoms with Gasteiger partial charge in [0.2, 0.25) is 5.91 Å². The van der Waals surface area contributed by atoms with Crippen molar-refractivity contribution >= 4 is 17.5 Å². The number of aromatic nitrogens is 2. The quantitative estimate of drug-likeness (QED) is 0.593. The Bertz CT molecular complexity index is 982. The lowest BCUT2D eigenvalue weighted by Crippen LogP contribution is -2.31. The van der Waals surface area contributed by atoms with Crippen molar-refractivity contribution in [1.82, 2.24) is 14.7 Å². The maximum atomic E-state index is 13.2. The molecule has 0 aliphatic rings. The van der Waals surface area contributed by atoms with E-state index in [2.05, 4.69) is 5.10 Å². The molecule has 1 heterocycles. The fourth-order valence-corrected chi connectivity index (χ4v) is 3.47. The Kier molecular flexibility index (Phi) is 6.15. The third-order valence-corrected chi connectivity index (χ3v) is 5.07. The molecule has 0 unspecified atom stereocenters. The fourth-order valence-electron chi connectivity index (χ4n) is 3.26. The van der Waals surface area contributed by atoms with Gasteiger partial charge in [0.15, 0.2) is 0 Å². The molecule has 2 aromatic carbocycles. The van der Waals surface area contributed by atoms with E-state index < -0.39 is 0 Å². The molecule has 0 radical (unpaired) electrons. The highest BCUT2D eigenvalue weighted by atomic mass is 35.5. The standard InChI is InChI=1S/C22H23ClFN3O/c1-4-26(14-17-6-5-7-18(23)12-17)22(28)13-21-15(2)25-27(16(21)3)20-10-8-19(24)9-11-20/h5-12H,4,13-14H2,1-3H3. The van der Waals surface area contributed by atoms with E-state index in [1.54, 1.807) is 21.7 Å². The lowest BCUT2D eigenvalue weighted by Gasteiger charge is -2.21. The summed E-state index contributed by atoms with van der Waals surface area (Å²) in [6, 6.07) is 13.7. The van der Waals surface area contributed by atoms with Crippen molar-refractivity contribution in [2.45, 2.75) is 33.7 Å². The summed E-state index contributed by atoms with van der Waals surface area (Å²) < 4.78 is 15.0. The van der Waals surface area contributed by atoms with Gasteiger partial charge in [-0.1, -0.05) is 23.7 Å². The highest BCUT2D eigenvalue weighted by Crippen LogP contribution is 2.20. The Labute approximate surface area is 169 Å². The predicted octanol–water partition coefficient (Wildman–Crippen LogP) is 4.87. The first-order valence-electron chi connectivity index (χ1n) is 9.22. The second-order valence-electron chi connectivity index (χ2n) is 6.75. The van der Waals surface area contributed by atoms with Crippen LogP contribution in [-0.2, 0) is 17.8 Å². The molecule has 4 nitrogen and oxygen atoms in total. The maximum absolute atomic E-state index is 13.2. The molecule has 1 aromatic heterocycles. The van der Waals surface area contributed by atoms with Crippen molar-refractivity contribution < 1.29 is 9.18 Å². The highest BCUT2D eigenvalue weighted by Gasteiger charge is 2.19. The summed E-state index contributed by atoms with van der Waals surface area (Å²) in [5.74, 6) is -0.257. The zero-order chi connectivity index (χ0) is 20.3. The summed E-state index contributed by atoms with van der Waals surface area (Å²) in [6.07, 6.45) is 0.271. The smallest absolute Gasteiger partial charge is 0.227 e. The van der Waals surface area contributed by atoms with Crippen molar-refractivity contribution in [2.24, 2.45) is 0 Å². The first kappa shape index (κ1) is 20.1. The summed E-state index contributed by atoms with van der Waals surface area (Å²) in [5, 5.41) is 5.21. The molecular weight excluding hydrogens is 377 g/mol. The molecule has 0 aliphatic heterocycles. The lowest BCUT2D eigenvalue weighted by atomic mass is 10.1. The number of carbonyl (C=O) groups is 1. The van der Waals surface area contributed by atoms with Gasteiger partial charge in [0.25, 0.3) is 0 Å². The number of aryl methyl sites for hydroxylation is 1. The Balaban J connectivity index is 1.80. The number of likely N-dealkylation sites (N-methyl/N-ethyl adjacent to an activating group) is 1. The van der Waals surface area contributed by atoms with E-state index in [0.29, 0.717) is 18.1 Å². The van der Waals surface area contributed by atoms with Gasteiger partial charge in [-0.25, -0.2) is 9.07 Å². The highest BCUT2D eigenvalue weighted by molar-refractivity contribution is 6.30. The maximum Gasteiger partial charge on any atom is 0.227 e. The Hall–Kier alpha value is -2.66. The minimum absolute atomic E-state index is 0.0346. The van der Waals surface area contributed by atoms with Crippen molar-refractivity contribution in [1.29, 1.82) is 0 Å². The van der Waals surface area contributed by atoms with Gasteiger partial charge in [-0.2, -0.15) is 5.10 Å². The van der Waals surface area contributed by atoms with Crippen molar-refractivity contribution in [3.05, 3.63) is 81.9 Å². The van der Waals surface area contributed by atoms with E-state index in [9.17, 15) is 9.18 Å². The minimum atomic E-state index is -0.291. The van der Waals surface area contributed by atoms with Gasteiger partial charge in [-0.3, -0.25) is 4.79 Å². The SMILES string of the molecule is CCN(Cc1cccc(Cl)c1)C(=O)Cc1c(C)nn(-c2ccc(F)cc2)c1C. The molecule has 0 N–H and O–H groups in total. The summed E-state index contributed by atoms with van der Waals surface area (Å²) in [5.41, 5.74) is 4.36. The minimum Gasteiger partial charge on any atom is -0.338 e. The fraction of sp³-hybridized carbons (Fsp3) is 0.273. The Morgan fingerprint density at radius 1 is 1.18 bits per heavy atom. The molecule has 0 aliphatic carbocycles. The van der Waals surface area contributed by atoms with Crippen LogP contribution in [0.25, 0.3) is 5.69 Å². The molecule has 1 amide bonds. The summed E-state index contributed by atoms with van der Waals surface area (Å²) in [7, 11) is 0. The van der Waals surface area contributed by atoms with Crippen molar-refractivity contribution in [3.63, 3.8) is 0 Å². The number of benzene rings is 2. The average molecular weight is 400 g/mol. The number of halogens is 2. The van der Waals surface area contributed by atoms with Crippen LogP contribution in [0.4, 0.5) is 4.39 Å². The number of nitrogens with zero attached hydrogens (tertiary/aromatic N) is 3. The van der Waals surface area contributed by atoms with E-state index >= 15 is 0 Å². The molecule has 0 fully saturated rings. The predicted molar refractivity (Wildman–Crippen MR) is 109 cm³/mol. The molecule has 3 rings (SSSR count). The van der Waals surface area contributed by atoms with E-state index in [-0.39, 0.29) is 18.1 Å². The number of rotatable bonds is 6. The third-order valence-electron chi connectivity index (χ3n) is 4.84. The number of carbonyl (C=O) groups excluding carboxylic acids is 1. The van der Waals surface area contributed by atoms with E-state index in [4.69, 9.17) is 11.6 Å². The second kappa shape index (κ2) is 8.57. The van der Waals surface area contributed by atoms with Crippen LogP contribution in [0.2, 0.25) is 5.02 Å². The van der Waals surface area contributed by atoms with E-state index in [1.165, 1.54) is 12.1 Å². The topological polar surface area (TPSA) is 38.1 Å².